The molecule has 28 heavy (non-hydrogen) atoms. The molecule has 1 fully saturated rings. The number of piperazine rings is 1. The Bertz CT molecular complexity index is 978. The predicted molar refractivity (Wildman–Crippen MR) is 117 cm³/mol. The van der Waals surface area contributed by atoms with Crippen molar-refractivity contribution < 1.29 is 4.79 Å². The Labute approximate surface area is 173 Å². The van der Waals surface area contributed by atoms with E-state index in [1.807, 2.05) is 40.6 Å². The minimum atomic E-state index is 0.0692. The first-order valence-corrected chi connectivity index (χ1v) is 11.1. The zero-order valence-corrected chi connectivity index (χ0v) is 17.4. The molecule has 0 bridgehead atoms. The number of aryl methyl sites for hydroxylation is 1. The minimum absolute atomic E-state index is 0.0692. The molecule has 1 amide bonds. The van der Waals surface area contributed by atoms with E-state index in [2.05, 4.69) is 27.9 Å². The number of aromatic nitrogens is 2. The van der Waals surface area contributed by atoms with Crippen LogP contribution in [0.15, 0.2) is 59.1 Å². The molecule has 0 atom stereocenters. The average Bonchev–Trinajstić information content (AvgIpc) is 3.18. The van der Waals surface area contributed by atoms with Crippen LogP contribution in [0.4, 0.5) is 5.82 Å². The molecule has 3 aromatic rings. The first-order valence-electron chi connectivity index (χ1n) is 9.40. The molecule has 1 aliphatic heterocycles. The fourth-order valence-corrected chi connectivity index (χ4v) is 4.82. The molecule has 1 saturated heterocycles. The van der Waals surface area contributed by atoms with Crippen molar-refractivity contribution in [3.8, 4) is 0 Å². The maximum absolute atomic E-state index is 12.5. The van der Waals surface area contributed by atoms with Gasteiger partial charge < -0.3 is 9.80 Å². The Balaban J connectivity index is 1.37. The van der Waals surface area contributed by atoms with Gasteiger partial charge in [-0.3, -0.25) is 4.79 Å². The lowest BCUT2D eigenvalue weighted by molar-refractivity contribution is -0.126. The molecule has 2 aromatic heterocycles. The van der Waals surface area contributed by atoms with E-state index in [0.29, 0.717) is 13.1 Å². The number of fused-ring (bicyclic) bond motifs is 1. The van der Waals surface area contributed by atoms with Gasteiger partial charge in [-0.2, -0.15) is 0 Å². The van der Waals surface area contributed by atoms with Gasteiger partial charge in [0.2, 0.25) is 5.91 Å². The second-order valence-electron chi connectivity index (χ2n) is 6.53. The van der Waals surface area contributed by atoms with E-state index in [4.69, 9.17) is 0 Å². The number of thioether (sulfide) groups is 1. The van der Waals surface area contributed by atoms with Gasteiger partial charge in [-0.05, 0) is 30.0 Å². The van der Waals surface area contributed by atoms with Crippen LogP contribution in [0.1, 0.15) is 11.8 Å². The summed E-state index contributed by atoms with van der Waals surface area (Å²) in [5.41, 5.74) is 0. The molecule has 0 N–H and O–H groups in total. The highest BCUT2D eigenvalue weighted by atomic mass is 32.2. The first kappa shape index (κ1) is 19.0. The third kappa shape index (κ3) is 4.20. The van der Waals surface area contributed by atoms with Crippen LogP contribution in [0.25, 0.3) is 10.2 Å². The standard InChI is InChI=1S/C21H22N4OS2/c1-2-16-14-18-20(22-15-23-21(18)28-16)25-11-9-24(10-12-25)19(26)8-13-27-17-6-4-3-5-7-17/h3-8,13-15H,2,9-12H2,1H3/b13-8+. The molecule has 0 saturated carbocycles. The number of thiophene rings is 1. The topological polar surface area (TPSA) is 49.3 Å². The van der Waals surface area contributed by atoms with Crippen LogP contribution in [-0.4, -0.2) is 47.0 Å². The van der Waals surface area contributed by atoms with E-state index >= 15 is 0 Å². The largest absolute Gasteiger partial charge is 0.352 e. The number of rotatable bonds is 5. The lowest BCUT2D eigenvalue weighted by Gasteiger charge is -2.35. The Morgan fingerprint density at radius 3 is 2.71 bits per heavy atom. The molecule has 1 aromatic carbocycles. The van der Waals surface area contributed by atoms with E-state index in [1.165, 1.54) is 4.88 Å². The third-order valence-corrected chi connectivity index (χ3v) is 6.76. The molecule has 0 spiro atoms. The number of hydrogen-bond donors (Lipinski definition) is 0. The lowest BCUT2D eigenvalue weighted by atomic mass is 10.2. The molecule has 0 unspecified atom stereocenters. The van der Waals surface area contributed by atoms with Crippen LogP contribution in [0.2, 0.25) is 0 Å². The summed E-state index contributed by atoms with van der Waals surface area (Å²) in [4.78, 5) is 29.1. The predicted octanol–water partition coefficient (Wildman–Crippen LogP) is 4.21. The zero-order valence-electron chi connectivity index (χ0n) is 15.7. The summed E-state index contributed by atoms with van der Waals surface area (Å²) in [6.45, 7) is 5.14. The lowest BCUT2D eigenvalue weighted by Crippen LogP contribution is -2.48. The number of amides is 1. The second kappa shape index (κ2) is 8.75. The first-order chi connectivity index (χ1) is 13.7. The van der Waals surface area contributed by atoms with E-state index in [9.17, 15) is 4.79 Å². The normalized spacial score (nSPS) is 14.9. The zero-order chi connectivity index (χ0) is 19.3. The van der Waals surface area contributed by atoms with Crippen molar-refractivity contribution in [2.75, 3.05) is 31.1 Å². The maximum atomic E-state index is 12.5. The van der Waals surface area contributed by atoms with Crippen molar-refractivity contribution >= 4 is 45.0 Å². The summed E-state index contributed by atoms with van der Waals surface area (Å²) in [7, 11) is 0. The number of benzene rings is 1. The fraction of sp³-hybridized carbons (Fsp3) is 0.286. The minimum Gasteiger partial charge on any atom is -0.352 e. The van der Waals surface area contributed by atoms with E-state index in [1.54, 1.807) is 35.5 Å². The molecular weight excluding hydrogens is 388 g/mol. The summed E-state index contributed by atoms with van der Waals surface area (Å²) in [5.74, 6) is 1.06. The van der Waals surface area contributed by atoms with Gasteiger partial charge in [0.15, 0.2) is 0 Å². The van der Waals surface area contributed by atoms with Crippen molar-refractivity contribution in [3.05, 3.63) is 59.1 Å². The fourth-order valence-electron chi connectivity index (χ4n) is 3.23. The number of carbonyl (C=O) groups is 1. The third-order valence-electron chi connectivity index (χ3n) is 4.76. The van der Waals surface area contributed by atoms with Crippen LogP contribution < -0.4 is 4.90 Å². The molecule has 7 heteroatoms. The Hall–Kier alpha value is -2.38. The monoisotopic (exact) mass is 410 g/mol. The van der Waals surface area contributed by atoms with Crippen molar-refractivity contribution in [3.63, 3.8) is 0 Å². The van der Waals surface area contributed by atoms with Gasteiger partial charge in [-0.25, -0.2) is 9.97 Å². The Kier molecular flexibility index (Phi) is 5.92. The maximum Gasteiger partial charge on any atom is 0.247 e. The van der Waals surface area contributed by atoms with Crippen LogP contribution in [0.5, 0.6) is 0 Å². The van der Waals surface area contributed by atoms with Crippen LogP contribution in [0.3, 0.4) is 0 Å². The molecule has 0 radical (unpaired) electrons. The molecular formula is C21H22N4OS2. The smallest absolute Gasteiger partial charge is 0.247 e. The van der Waals surface area contributed by atoms with Crippen molar-refractivity contribution in [1.82, 2.24) is 14.9 Å². The van der Waals surface area contributed by atoms with Crippen molar-refractivity contribution in [1.29, 1.82) is 0 Å². The molecule has 4 rings (SSSR count). The van der Waals surface area contributed by atoms with Crippen molar-refractivity contribution in [2.24, 2.45) is 0 Å². The number of hydrogen-bond acceptors (Lipinski definition) is 6. The van der Waals surface area contributed by atoms with Gasteiger partial charge >= 0.3 is 0 Å². The second-order valence-corrected chi connectivity index (χ2v) is 8.62. The van der Waals surface area contributed by atoms with Crippen LogP contribution in [-0.2, 0) is 11.2 Å². The highest BCUT2D eigenvalue weighted by Gasteiger charge is 2.22. The van der Waals surface area contributed by atoms with E-state index in [0.717, 1.165) is 40.4 Å². The van der Waals surface area contributed by atoms with Crippen molar-refractivity contribution in [2.45, 2.75) is 18.2 Å². The number of nitrogens with zero attached hydrogens (tertiary/aromatic N) is 4. The van der Waals surface area contributed by atoms with Crippen LogP contribution >= 0.6 is 23.1 Å². The summed E-state index contributed by atoms with van der Waals surface area (Å²) in [6, 6.07) is 12.3. The summed E-state index contributed by atoms with van der Waals surface area (Å²) >= 11 is 3.30. The molecule has 1 aliphatic rings. The van der Waals surface area contributed by atoms with E-state index < -0.39 is 0 Å². The molecule has 0 aliphatic carbocycles. The highest BCUT2D eigenvalue weighted by Crippen LogP contribution is 2.31. The van der Waals surface area contributed by atoms with Gasteiger partial charge in [-0.15, -0.1) is 11.3 Å². The van der Waals surface area contributed by atoms with Gasteiger partial charge in [0.25, 0.3) is 0 Å². The quantitative estimate of drug-likeness (QED) is 0.466. The summed E-state index contributed by atoms with van der Waals surface area (Å²) < 4.78 is 0. The SMILES string of the molecule is CCc1cc2c(N3CCN(C(=O)/C=C/Sc4ccccc4)CC3)ncnc2s1. The van der Waals surface area contributed by atoms with Crippen LogP contribution in [0, 0.1) is 0 Å². The number of anilines is 1. The Morgan fingerprint density at radius 1 is 1.18 bits per heavy atom. The molecule has 5 nitrogen and oxygen atoms in total. The summed E-state index contributed by atoms with van der Waals surface area (Å²) in [5, 5.41) is 3.00. The van der Waals surface area contributed by atoms with Gasteiger partial charge in [0, 0.05) is 42.0 Å². The number of carbonyl (C=O) groups excluding carboxylic acids is 1. The average molecular weight is 411 g/mol. The Morgan fingerprint density at radius 2 is 1.96 bits per heavy atom. The van der Waals surface area contributed by atoms with Gasteiger partial charge in [0.05, 0.1) is 5.39 Å². The highest BCUT2D eigenvalue weighted by molar-refractivity contribution is 8.02. The van der Waals surface area contributed by atoms with Gasteiger partial charge in [-0.1, -0.05) is 36.9 Å². The molecule has 144 valence electrons. The van der Waals surface area contributed by atoms with E-state index in [-0.39, 0.29) is 5.91 Å². The molecule has 3 heterocycles. The van der Waals surface area contributed by atoms with Gasteiger partial charge in [0.1, 0.15) is 17.0 Å². The summed E-state index contributed by atoms with van der Waals surface area (Å²) in [6.07, 6.45) is 4.33.